The second-order valence-corrected chi connectivity index (χ2v) is 7.84. The van der Waals surface area contributed by atoms with E-state index < -0.39 is 0 Å². The fourth-order valence-electron chi connectivity index (χ4n) is 3.53. The Balaban J connectivity index is 2.14. The van der Waals surface area contributed by atoms with Crippen molar-refractivity contribution in [2.75, 3.05) is 27.2 Å². The van der Waals surface area contributed by atoms with Crippen LogP contribution in [0.1, 0.15) is 34.7 Å². The van der Waals surface area contributed by atoms with E-state index in [1.807, 2.05) is 68.4 Å². The number of nitrogens with zero attached hydrogens (tertiary/aromatic N) is 3. The van der Waals surface area contributed by atoms with Crippen LogP contribution in [0.2, 0.25) is 0 Å². The first-order valence-corrected chi connectivity index (χ1v) is 10.7. The lowest BCUT2D eigenvalue weighted by atomic mass is 9.95. The van der Waals surface area contributed by atoms with Crippen LogP contribution in [0.25, 0.3) is 17.0 Å². The number of nitriles is 1. The van der Waals surface area contributed by atoms with Crippen LogP contribution in [-0.4, -0.2) is 37.1 Å². The second kappa shape index (κ2) is 11.0. The number of likely N-dealkylation sites (N-methyl/N-ethyl adjacent to an activating group) is 1. The third-order valence-electron chi connectivity index (χ3n) is 5.06. The summed E-state index contributed by atoms with van der Waals surface area (Å²) >= 11 is 0. The average molecular weight is 437 g/mol. The summed E-state index contributed by atoms with van der Waals surface area (Å²) in [7, 11) is 3.88. The molecule has 0 atom stereocenters. The third-order valence-corrected chi connectivity index (χ3v) is 5.06. The first kappa shape index (κ1) is 23.6. The van der Waals surface area contributed by atoms with E-state index >= 15 is 0 Å². The Morgan fingerprint density at radius 2 is 2.09 bits per heavy atom. The Morgan fingerprint density at radius 3 is 2.79 bits per heavy atom. The predicted octanol–water partition coefficient (Wildman–Crippen LogP) is 3.90. The van der Waals surface area contributed by atoms with Gasteiger partial charge in [-0.3, -0.25) is 4.98 Å². The molecule has 0 fully saturated rings. The molecule has 1 aromatic heterocycles. The van der Waals surface area contributed by atoms with E-state index in [1.165, 1.54) is 0 Å². The number of hydrogen-bond donors (Lipinski definition) is 0. The van der Waals surface area contributed by atoms with E-state index in [-0.39, 0.29) is 5.76 Å². The SMILES string of the molecule is C#Cc1cccc(Cc2c(C#N)cnc3cc(OCC)c(C=C([O-])/C=C/CN(C)C)cc23)c1. The molecule has 33 heavy (non-hydrogen) atoms. The van der Waals surface area contributed by atoms with Crippen LogP contribution in [0, 0.1) is 23.7 Å². The van der Waals surface area contributed by atoms with Crippen LogP contribution >= 0.6 is 0 Å². The van der Waals surface area contributed by atoms with Gasteiger partial charge in [0.15, 0.2) is 0 Å². The average Bonchev–Trinajstić information content (AvgIpc) is 2.80. The summed E-state index contributed by atoms with van der Waals surface area (Å²) in [6, 6.07) is 13.7. The zero-order valence-electron chi connectivity index (χ0n) is 19.1. The fraction of sp³-hybridized carbons (Fsp3) is 0.214. The van der Waals surface area contributed by atoms with Gasteiger partial charge in [0.05, 0.1) is 17.7 Å². The molecule has 3 rings (SSSR count). The van der Waals surface area contributed by atoms with Gasteiger partial charge in [-0.2, -0.15) is 5.26 Å². The van der Waals surface area contributed by atoms with E-state index in [0.29, 0.717) is 42.0 Å². The van der Waals surface area contributed by atoms with Gasteiger partial charge in [-0.1, -0.05) is 36.3 Å². The maximum atomic E-state index is 12.6. The van der Waals surface area contributed by atoms with Crippen molar-refractivity contribution in [2.45, 2.75) is 13.3 Å². The molecule has 5 nitrogen and oxygen atoms in total. The lowest BCUT2D eigenvalue weighted by molar-refractivity contribution is -0.293. The molecular formula is C28H26N3O2-. The summed E-state index contributed by atoms with van der Waals surface area (Å²) < 4.78 is 5.79. The maximum absolute atomic E-state index is 12.6. The number of rotatable bonds is 8. The van der Waals surface area contributed by atoms with Crippen molar-refractivity contribution in [1.29, 1.82) is 5.26 Å². The van der Waals surface area contributed by atoms with Crippen molar-refractivity contribution in [3.8, 4) is 24.2 Å². The molecule has 3 aromatic rings. The number of aromatic nitrogens is 1. The van der Waals surface area contributed by atoms with Gasteiger partial charge in [0.1, 0.15) is 11.8 Å². The van der Waals surface area contributed by atoms with E-state index in [2.05, 4.69) is 17.0 Å². The van der Waals surface area contributed by atoms with Gasteiger partial charge in [0.25, 0.3) is 0 Å². The summed E-state index contributed by atoms with van der Waals surface area (Å²) in [5.74, 6) is 3.09. The van der Waals surface area contributed by atoms with Gasteiger partial charge >= 0.3 is 0 Å². The van der Waals surface area contributed by atoms with Gasteiger partial charge in [-0.05, 0) is 56.8 Å². The Labute approximate surface area is 195 Å². The summed E-state index contributed by atoms with van der Waals surface area (Å²) in [5, 5.41) is 23.1. The van der Waals surface area contributed by atoms with Crippen molar-refractivity contribution in [3.05, 3.63) is 88.3 Å². The highest BCUT2D eigenvalue weighted by Crippen LogP contribution is 2.31. The fourth-order valence-corrected chi connectivity index (χ4v) is 3.53. The highest BCUT2D eigenvalue weighted by Gasteiger charge is 2.13. The van der Waals surface area contributed by atoms with Crippen molar-refractivity contribution < 1.29 is 9.84 Å². The lowest BCUT2D eigenvalue weighted by Gasteiger charge is -2.15. The molecule has 2 aromatic carbocycles. The van der Waals surface area contributed by atoms with Gasteiger partial charge in [-0.25, -0.2) is 0 Å². The largest absolute Gasteiger partial charge is 0.872 e. The number of benzene rings is 2. The molecule has 0 aliphatic heterocycles. The van der Waals surface area contributed by atoms with Gasteiger partial charge < -0.3 is 14.7 Å². The minimum atomic E-state index is -0.134. The van der Waals surface area contributed by atoms with Crippen LogP contribution in [-0.2, 0) is 6.42 Å². The predicted molar refractivity (Wildman–Crippen MR) is 130 cm³/mol. The highest BCUT2D eigenvalue weighted by atomic mass is 16.5. The van der Waals surface area contributed by atoms with Crippen molar-refractivity contribution in [1.82, 2.24) is 9.88 Å². The molecular weight excluding hydrogens is 410 g/mol. The highest BCUT2D eigenvalue weighted by molar-refractivity contribution is 5.89. The molecule has 0 bridgehead atoms. The molecule has 0 amide bonds. The number of allylic oxidation sites excluding steroid dienone is 1. The smallest absolute Gasteiger partial charge is 0.128 e. The zero-order chi connectivity index (χ0) is 23.8. The molecule has 0 saturated heterocycles. The van der Waals surface area contributed by atoms with Crippen LogP contribution in [0.4, 0.5) is 0 Å². The number of ether oxygens (including phenoxy) is 1. The number of fused-ring (bicyclic) bond motifs is 1. The number of pyridine rings is 1. The summed E-state index contributed by atoms with van der Waals surface area (Å²) in [4.78, 5) is 6.44. The summed E-state index contributed by atoms with van der Waals surface area (Å²) in [6.45, 7) is 3.02. The molecule has 5 heteroatoms. The molecule has 166 valence electrons. The first-order chi connectivity index (χ1) is 15.9. The van der Waals surface area contributed by atoms with Crippen molar-refractivity contribution >= 4 is 17.0 Å². The summed E-state index contributed by atoms with van der Waals surface area (Å²) in [6.07, 6.45) is 12.6. The molecule has 0 saturated carbocycles. The van der Waals surface area contributed by atoms with Crippen LogP contribution in [0.5, 0.6) is 5.75 Å². The Morgan fingerprint density at radius 1 is 1.27 bits per heavy atom. The van der Waals surface area contributed by atoms with Gasteiger partial charge in [-0.15, -0.1) is 12.2 Å². The topological polar surface area (TPSA) is 72.2 Å². The minimum Gasteiger partial charge on any atom is -0.872 e. The standard InChI is InChI=1S/C28H27N3O2/c1-5-20-9-7-10-21(13-20)14-25-23(18-29)19-30-27-17-28(33-6-2)22(16-26(25)27)15-24(32)11-8-12-31(3)4/h1,7-11,13,15-17,19,32H,6,12,14H2,2-4H3/p-1/b11-8+,24-15?. The zero-order valence-corrected chi connectivity index (χ0v) is 19.1. The normalized spacial score (nSPS) is 11.6. The number of terminal acetylenes is 1. The van der Waals surface area contributed by atoms with Crippen molar-refractivity contribution in [3.63, 3.8) is 0 Å². The van der Waals surface area contributed by atoms with Crippen molar-refractivity contribution in [2.24, 2.45) is 0 Å². The van der Waals surface area contributed by atoms with E-state index in [1.54, 1.807) is 18.3 Å². The first-order valence-electron chi connectivity index (χ1n) is 10.7. The van der Waals surface area contributed by atoms with Gasteiger partial charge in [0.2, 0.25) is 0 Å². The molecule has 0 unspecified atom stereocenters. The quantitative estimate of drug-likeness (QED) is 0.304. The molecule has 0 spiro atoms. The molecule has 0 aliphatic rings. The number of hydrogen-bond acceptors (Lipinski definition) is 5. The molecule has 1 heterocycles. The minimum absolute atomic E-state index is 0.134. The van der Waals surface area contributed by atoms with Crippen LogP contribution in [0.3, 0.4) is 0 Å². The Kier molecular flexibility index (Phi) is 7.86. The van der Waals surface area contributed by atoms with Crippen LogP contribution < -0.4 is 9.84 Å². The van der Waals surface area contributed by atoms with Crippen LogP contribution in [0.15, 0.2) is 60.5 Å². The van der Waals surface area contributed by atoms with E-state index in [0.717, 1.165) is 22.1 Å². The van der Waals surface area contributed by atoms with E-state index in [9.17, 15) is 10.4 Å². The Hall–Kier alpha value is -4.06. The molecule has 0 N–H and O–H groups in total. The Bertz CT molecular complexity index is 1290. The lowest BCUT2D eigenvalue weighted by Crippen LogP contribution is -2.11. The molecule has 0 aliphatic carbocycles. The van der Waals surface area contributed by atoms with Gasteiger partial charge in [0, 0.05) is 35.3 Å². The van der Waals surface area contributed by atoms with E-state index in [4.69, 9.17) is 11.2 Å². The molecule has 0 radical (unpaired) electrons. The second-order valence-electron chi connectivity index (χ2n) is 7.84. The monoisotopic (exact) mass is 436 g/mol. The third kappa shape index (κ3) is 6.01. The maximum Gasteiger partial charge on any atom is 0.128 e. The summed E-state index contributed by atoms with van der Waals surface area (Å²) in [5.41, 5.74) is 4.46.